The molecular weight excluding hydrogens is 152 g/mol. The van der Waals surface area contributed by atoms with Gasteiger partial charge in [0.05, 0.1) is 12.1 Å². The second-order valence-corrected chi connectivity index (χ2v) is 4.07. The first-order valence-corrected chi connectivity index (χ1v) is 4.45. The van der Waals surface area contributed by atoms with E-state index in [1.807, 2.05) is 6.92 Å². The zero-order valence-electron chi connectivity index (χ0n) is 8.35. The first kappa shape index (κ1) is 9.52. The summed E-state index contributed by atoms with van der Waals surface area (Å²) in [5, 5.41) is 3.20. The second-order valence-electron chi connectivity index (χ2n) is 4.07. The van der Waals surface area contributed by atoms with Gasteiger partial charge in [0.2, 0.25) is 0 Å². The second kappa shape index (κ2) is 3.44. The molecule has 0 aromatic heterocycles. The molecule has 70 valence electrons. The standard InChI is InChI=1S/C9H18N2O/c1-7(12-9(2,3)4)8-10-5-6-11-8/h7H,5-6H2,1-4H3,(H,10,11). The molecule has 0 saturated carbocycles. The lowest BCUT2D eigenvalue weighted by molar-refractivity contribution is -0.0224. The van der Waals surface area contributed by atoms with Gasteiger partial charge in [-0.05, 0) is 27.7 Å². The Morgan fingerprint density at radius 2 is 2.17 bits per heavy atom. The van der Waals surface area contributed by atoms with Gasteiger partial charge in [-0.15, -0.1) is 0 Å². The number of hydrogen-bond acceptors (Lipinski definition) is 3. The van der Waals surface area contributed by atoms with Crippen LogP contribution in [-0.2, 0) is 4.74 Å². The number of ether oxygens (including phenoxy) is 1. The Morgan fingerprint density at radius 1 is 1.50 bits per heavy atom. The zero-order valence-corrected chi connectivity index (χ0v) is 8.35. The maximum Gasteiger partial charge on any atom is 0.126 e. The lowest BCUT2D eigenvalue weighted by Gasteiger charge is -2.25. The molecule has 1 unspecified atom stereocenters. The summed E-state index contributed by atoms with van der Waals surface area (Å²) in [6.45, 7) is 10.0. The first-order chi connectivity index (χ1) is 5.49. The molecule has 0 bridgehead atoms. The fraction of sp³-hybridized carbons (Fsp3) is 0.889. The van der Waals surface area contributed by atoms with Gasteiger partial charge in [0.1, 0.15) is 11.9 Å². The van der Waals surface area contributed by atoms with E-state index in [0.717, 1.165) is 18.9 Å². The van der Waals surface area contributed by atoms with Gasteiger partial charge in [0.25, 0.3) is 0 Å². The third-order valence-corrected chi connectivity index (χ3v) is 1.62. The minimum Gasteiger partial charge on any atom is -0.370 e. The van der Waals surface area contributed by atoms with Gasteiger partial charge in [-0.3, -0.25) is 4.99 Å². The largest absolute Gasteiger partial charge is 0.370 e. The highest BCUT2D eigenvalue weighted by Gasteiger charge is 2.20. The van der Waals surface area contributed by atoms with E-state index in [0.29, 0.717) is 0 Å². The quantitative estimate of drug-likeness (QED) is 0.675. The molecule has 1 aliphatic rings. The number of nitrogens with zero attached hydrogens (tertiary/aromatic N) is 1. The van der Waals surface area contributed by atoms with Crippen LogP contribution in [0.4, 0.5) is 0 Å². The van der Waals surface area contributed by atoms with Crippen LogP contribution in [-0.4, -0.2) is 30.6 Å². The van der Waals surface area contributed by atoms with E-state index in [2.05, 4.69) is 31.1 Å². The van der Waals surface area contributed by atoms with Gasteiger partial charge in [0.15, 0.2) is 0 Å². The highest BCUT2D eigenvalue weighted by Crippen LogP contribution is 2.11. The molecule has 0 aromatic rings. The predicted molar refractivity (Wildman–Crippen MR) is 50.6 cm³/mol. The van der Waals surface area contributed by atoms with E-state index in [1.54, 1.807) is 0 Å². The third kappa shape index (κ3) is 2.81. The molecule has 0 aliphatic carbocycles. The number of nitrogens with one attached hydrogen (secondary N) is 1. The molecule has 0 spiro atoms. The molecule has 1 N–H and O–H groups in total. The first-order valence-electron chi connectivity index (χ1n) is 4.45. The van der Waals surface area contributed by atoms with Crippen LogP contribution in [0.2, 0.25) is 0 Å². The van der Waals surface area contributed by atoms with Crippen molar-refractivity contribution in [3.8, 4) is 0 Å². The number of hydrogen-bond donors (Lipinski definition) is 1. The van der Waals surface area contributed by atoms with Crippen molar-refractivity contribution in [2.75, 3.05) is 13.1 Å². The summed E-state index contributed by atoms with van der Waals surface area (Å²) in [5.74, 6) is 0.991. The fourth-order valence-corrected chi connectivity index (χ4v) is 1.27. The van der Waals surface area contributed by atoms with Crippen LogP contribution in [0.15, 0.2) is 4.99 Å². The van der Waals surface area contributed by atoms with Crippen molar-refractivity contribution in [1.82, 2.24) is 5.32 Å². The Hall–Kier alpha value is -0.570. The molecule has 0 amide bonds. The zero-order chi connectivity index (χ0) is 9.19. The highest BCUT2D eigenvalue weighted by molar-refractivity contribution is 5.87. The summed E-state index contributed by atoms with van der Waals surface area (Å²) in [5.41, 5.74) is -0.0911. The molecule has 12 heavy (non-hydrogen) atoms. The summed E-state index contributed by atoms with van der Waals surface area (Å²) in [6.07, 6.45) is 0.0903. The van der Waals surface area contributed by atoms with Crippen LogP contribution >= 0.6 is 0 Å². The van der Waals surface area contributed by atoms with E-state index in [1.165, 1.54) is 0 Å². The van der Waals surface area contributed by atoms with Gasteiger partial charge in [0, 0.05) is 6.54 Å². The maximum absolute atomic E-state index is 5.73. The molecule has 1 aliphatic heterocycles. The Labute approximate surface area is 74.2 Å². The Balaban J connectivity index is 2.42. The van der Waals surface area contributed by atoms with Gasteiger partial charge >= 0.3 is 0 Å². The van der Waals surface area contributed by atoms with E-state index >= 15 is 0 Å². The molecule has 1 atom stereocenters. The molecule has 0 fully saturated rings. The molecule has 1 rings (SSSR count). The van der Waals surface area contributed by atoms with Crippen LogP contribution in [0.3, 0.4) is 0 Å². The fourth-order valence-electron chi connectivity index (χ4n) is 1.27. The van der Waals surface area contributed by atoms with Gasteiger partial charge < -0.3 is 10.1 Å². The summed E-state index contributed by atoms with van der Waals surface area (Å²) >= 11 is 0. The van der Waals surface area contributed by atoms with Crippen LogP contribution in [0.25, 0.3) is 0 Å². The Kier molecular flexibility index (Phi) is 2.73. The van der Waals surface area contributed by atoms with Crippen molar-refractivity contribution in [2.45, 2.75) is 39.4 Å². The van der Waals surface area contributed by atoms with Crippen molar-refractivity contribution in [2.24, 2.45) is 4.99 Å². The lowest BCUT2D eigenvalue weighted by atomic mass is 10.2. The highest BCUT2D eigenvalue weighted by atomic mass is 16.5. The van der Waals surface area contributed by atoms with E-state index < -0.39 is 0 Å². The van der Waals surface area contributed by atoms with Gasteiger partial charge in [-0.25, -0.2) is 0 Å². The number of amidine groups is 1. The maximum atomic E-state index is 5.73. The van der Waals surface area contributed by atoms with Crippen molar-refractivity contribution in [3.05, 3.63) is 0 Å². The van der Waals surface area contributed by atoms with Crippen molar-refractivity contribution in [1.29, 1.82) is 0 Å². The molecule has 0 radical (unpaired) electrons. The molecule has 0 saturated heterocycles. The average molecular weight is 170 g/mol. The smallest absolute Gasteiger partial charge is 0.126 e. The summed E-state index contributed by atoms with van der Waals surface area (Å²) in [7, 11) is 0. The normalized spacial score (nSPS) is 20.2. The molecule has 1 heterocycles. The summed E-state index contributed by atoms with van der Waals surface area (Å²) in [4.78, 5) is 4.30. The number of aliphatic imine (C=N–C) groups is 1. The van der Waals surface area contributed by atoms with Crippen molar-refractivity contribution in [3.63, 3.8) is 0 Å². The average Bonchev–Trinajstić information content (AvgIpc) is 2.32. The molecule has 3 heteroatoms. The van der Waals surface area contributed by atoms with E-state index in [4.69, 9.17) is 4.74 Å². The van der Waals surface area contributed by atoms with Crippen LogP contribution < -0.4 is 5.32 Å². The predicted octanol–water partition coefficient (Wildman–Crippen LogP) is 1.19. The molecule has 0 aromatic carbocycles. The van der Waals surface area contributed by atoms with Crippen LogP contribution in [0.5, 0.6) is 0 Å². The van der Waals surface area contributed by atoms with E-state index in [9.17, 15) is 0 Å². The van der Waals surface area contributed by atoms with Crippen molar-refractivity contribution < 1.29 is 4.74 Å². The van der Waals surface area contributed by atoms with Crippen molar-refractivity contribution >= 4 is 5.84 Å². The van der Waals surface area contributed by atoms with Crippen LogP contribution in [0.1, 0.15) is 27.7 Å². The topological polar surface area (TPSA) is 33.6 Å². The SMILES string of the molecule is CC(OC(C)(C)C)C1=NCCN1. The minimum absolute atomic E-state index is 0.0903. The number of rotatable bonds is 2. The lowest BCUT2D eigenvalue weighted by Crippen LogP contribution is -2.36. The molecular formula is C9H18N2O. The Morgan fingerprint density at radius 3 is 2.58 bits per heavy atom. The Bertz CT molecular complexity index is 181. The monoisotopic (exact) mass is 170 g/mol. The van der Waals surface area contributed by atoms with E-state index in [-0.39, 0.29) is 11.7 Å². The summed E-state index contributed by atoms with van der Waals surface area (Å²) < 4.78 is 5.73. The van der Waals surface area contributed by atoms with Gasteiger partial charge in [-0.2, -0.15) is 0 Å². The third-order valence-electron chi connectivity index (χ3n) is 1.62. The molecule has 3 nitrogen and oxygen atoms in total. The van der Waals surface area contributed by atoms with Gasteiger partial charge in [-0.1, -0.05) is 0 Å². The van der Waals surface area contributed by atoms with Crippen LogP contribution in [0, 0.1) is 0 Å². The summed E-state index contributed by atoms with van der Waals surface area (Å²) in [6, 6.07) is 0. The minimum atomic E-state index is -0.0911.